The third-order valence-corrected chi connectivity index (χ3v) is 3.35. The first kappa shape index (κ1) is 13.1. The van der Waals surface area contributed by atoms with Crippen LogP contribution in [-0.2, 0) is 9.53 Å². The maximum Gasteiger partial charge on any atom is 0.337 e. The molecule has 4 nitrogen and oxygen atoms in total. The Morgan fingerprint density at radius 2 is 1.81 bits per heavy atom. The summed E-state index contributed by atoms with van der Waals surface area (Å²) in [6, 6.07) is 14.5. The molecule has 21 heavy (non-hydrogen) atoms. The van der Waals surface area contributed by atoms with Gasteiger partial charge in [0.15, 0.2) is 0 Å². The highest BCUT2D eigenvalue weighted by molar-refractivity contribution is 6.34. The number of carbonyl (C=O) groups excluding carboxylic acids is 2. The fourth-order valence-corrected chi connectivity index (χ4v) is 2.28. The summed E-state index contributed by atoms with van der Waals surface area (Å²) >= 11 is 0. The van der Waals surface area contributed by atoms with Crippen molar-refractivity contribution < 1.29 is 14.3 Å². The van der Waals surface area contributed by atoms with Crippen LogP contribution in [-0.4, -0.2) is 19.0 Å². The van der Waals surface area contributed by atoms with E-state index >= 15 is 0 Å². The van der Waals surface area contributed by atoms with Gasteiger partial charge in [-0.15, -0.1) is 0 Å². The fraction of sp³-hybridized carbons (Fsp3) is 0.0588. The summed E-state index contributed by atoms with van der Waals surface area (Å²) in [5.74, 6) is -0.494. The van der Waals surface area contributed by atoms with Crippen LogP contribution >= 0.6 is 0 Å². The molecule has 0 spiro atoms. The number of carbonyl (C=O) groups is 2. The molecule has 1 aliphatic heterocycles. The number of ether oxygens (including phenoxy) is 1. The molecule has 0 radical (unpaired) electrons. The summed E-state index contributed by atoms with van der Waals surface area (Å²) in [6.07, 6.45) is 1.81. The van der Waals surface area contributed by atoms with Crippen LogP contribution in [0.4, 0.5) is 5.69 Å². The van der Waals surface area contributed by atoms with Crippen LogP contribution in [0.2, 0.25) is 0 Å². The number of hydrogen-bond donors (Lipinski definition) is 1. The van der Waals surface area contributed by atoms with E-state index in [1.54, 1.807) is 24.3 Å². The minimum atomic E-state index is -0.377. The maximum atomic E-state index is 12.0. The van der Waals surface area contributed by atoms with Crippen LogP contribution in [0.3, 0.4) is 0 Å². The highest BCUT2D eigenvalue weighted by Crippen LogP contribution is 2.32. The molecule has 0 bridgehead atoms. The normalized spacial score (nSPS) is 14.7. The van der Waals surface area contributed by atoms with Crippen molar-refractivity contribution in [2.45, 2.75) is 0 Å². The molecule has 0 aliphatic carbocycles. The van der Waals surface area contributed by atoms with Gasteiger partial charge in [0.25, 0.3) is 5.91 Å². The molecule has 0 aromatic heterocycles. The number of fused-ring (bicyclic) bond motifs is 1. The van der Waals surface area contributed by atoms with Crippen molar-refractivity contribution in [3.8, 4) is 0 Å². The summed E-state index contributed by atoms with van der Waals surface area (Å²) in [6.45, 7) is 0. The number of hydrogen-bond acceptors (Lipinski definition) is 3. The predicted octanol–water partition coefficient (Wildman–Crippen LogP) is 2.97. The molecule has 1 heterocycles. The number of anilines is 1. The van der Waals surface area contributed by atoms with Gasteiger partial charge >= 0.3 is 5.97 Å². The summed E-state index contributed by atoms with van der Waals surface area (Å²) in [7, 11) is 1.35. The van der Waals surface area contributed by atoms with Crippen molar-refractivity contribution in [2.75, 3.05) is 12.4 Å². The van der Waals surface area contributed by atoms with Crippen LogP contribution in [0.15, 0.2) is 48.5 Å². The summed E-state index contributed by atoms with van der Waals surface area (Å²) in [4.78, 5) is 23.4. The first-order valence-electron chi connectivity index (χ1n) is 6.50. The Morgan fingerprint density at radius 1 is 1.10 bits per heavy atom. The van der Waals surface area contributed by atoms with Crippen molar-refractivity contribution in [1.82, 2.24) is 0 Å². The molecule has 4 heteroatoms. The van der Waals surface area contributed by atoms with Crippen molar-refractivity contribution in [2.24, 2.45) is 0 Å². The highest BCUT2D eigenvalue weighted by Gasteiger charge is 2.23. The number of esters is 1. The van der Waals surface area contributed by atoms with E-state index in [0.29, 0.717) is 11.1 Å². The van der Waals surface area contributed by atoms with Gasteiger partial charge in [0.2, 0.25) is 0 Å². The minimum absolute atomic E-state index is 0.117. The molecule has 0 atom stereocenters. The van der Waals surface area contributed by atoms with E-state index in [1.165, 1.54) is 7.11 Å². The molecule has 2 aromatic rings. The molecule has 1 amide bonds. The Bertz CT molecular complexity index is 745. The zero-order chi connectivity index (χ0) is 14.8. The van der Waals surface area contributed by atoms with Gasteiger partial charge in [-0.3, -0.25) is 4.79 Å². The van der Waals surface area contributed by atoms with Gasteiger partial charge in [-0.1, -0.05) is 30.3 Å². The molecular formula is C17H13NO3. The Hall–Kier alpha value is -2.88. The minimum Gasteiger partial charge on any atom is -0.465 e. The highest BCUT2D eigenvalue weighted by atomic mass is 16.5. The van der Waals surface area contributed by atoms with Gasteiger partial charge in [0, 0.05) is 16.8 Å². The van der Waals surface area contributed by atoms with Crippen molar-refractivity contribution in [3.05, 3.63) is 65.2 Å². The van der Waals surface area contributed by atoms with Crippen molar-refractivity contribution in [3.63, 3.8) is 0 Å². The second-order valence-electron chi connectivity index (χ2n) is 4.67. The number of methoxy groups -OCH3 is 1. The lowest BCUT2D eigenvalue weighted by molar-refractivity contribution is -0.110. The van der Waals surface area contributed by atoms with Gasteiger partial charge in [-0.05, 0) is 29.8 Å². The molecule has 3 rings (SSSR count). The lowest BCUT2D eigenvalue weighted by Gasteiger charge is -2.01. The second kappa shape index (κ2) is 5.25. The summed E-state index contributed by atoms with van der Waals surface area (Å²) < 4.78 is 4.65. The third-order valence-electron chi connectivity index (χ3n) is 3.35. The summed E-state index contributed by atoms with van der Waals surface area (Å²) in [5, 5.41) is 2.83. The average Bonchev–Trinajstić information content (AvgIpc) is 2.83. The number of nitrogens with one attached hydrogen (secondary N) is 1. The zero-order valence-electron chi connectivity index (χ0n) is 11.4. The van der Waals surface area contributed by atoms with E-state index in [1.807, 2.05) is 30.3 Å². The van der Waals surface area contributed by atoms with Crippen molar-refractivity contribution in [1.29, 1.82) is 0 Å². The average molecular weight is 279 g/mol. The van der Waals surface area contributed by atoms with Crippen molar-refractivity contribution >= 4 is 29.2 Å². The number of benzene rings is 2. The van der Waals surface area contributed by atoms with Crippen LogP contribution < -0.4 is 5.32 Å². The van der Waals surface area contributed by atoms with Crippen LogP contribution in [0.5, 0.6) is 0 Å². The van der Waals surface area contributed by atoms with E-state index in [2.05, 4.69) is 10.1 Å². The zero-order valence-corrected chi connectivity index (χ0v) is 11.4. The van der Waals surface area contributed by atoms with E-state index in [4.69, 9.17) is 0 Å². The molecule has 0 fully saturated rings. The third kappa shape index (κ3) is 2.43. The molecule has 0 saturated carbocycles. The number of amides is 1. The standard InChI is InChI=1S/C17H13NO3/c1-21-17(20)12-8-6-11(7-9-12)10-14-13-4-2-3-5-15(13)18-16(14)19/h2-10H,1H3,(H,18,19)/b14-10-. The molecule has 2 aromatic carbocycles. The number of para-hydroxylation sites is 1. The lowest BCUT2D eigenvalue weighted by atomic mass is 10.0. The first-order valence-corrected chi connectivity index (χ1v) is 6.50. The smallest absolute Gasteiger partial charge is 0.337 e. The largest absolute Gasteiger partial charge is 0.465 e. The first-order chi connectivity index (χ1) is 10.2. The second-order valence-corrected chi connectivity index (χ2v) is 4.67. The van der Waals surface area contributed by atoms with Crippen LogP contribution in [0, 0.1) is 0 Å². The Kier molecular flexibility index (Phi) is 3.28. The Labute approximate surface area is 122 Å². The van der Waals surface area contributed by atoms with E-state index in [0.717, 1.165) is 16.8 Å². The molecule has 104 valence electrons. The monoisotopic (exact) mass is 279 g/mol. The van der Waals surface area contributed by atoms with Gasteiger partial charge in [-0.25, -0.2) is 4.79 Å². The summed E-state index contributed by atoms with van der Waals surface area (Å²) in [5.41, 5.74) is 3.66. The lowest BCUT2D eigenvalue weighted by Crippen LogP contribution is -2.03. The van der Waals surface area contributed by atoms with Crippen LogP contribution in [0.25, 0.3) is 11.6 Å². The predicted molar refractivity (Wildman–Crippen MR) is 80.7 cm³/mol. The molecule has 0 saturated heterocycles. The van der Waals surface area contributed by atoms with Gasteiger partial charge in [0.1, 0.15) is 0 Å². The molecule has 1 N–H and O–H groups in total. The van der Waals surface area contributed by atoms with Gasteiger partial charge in [0.05, 0.1) is 12.7 Å². The van der Waals surface area contributed by atoms with E-state index in [-0.39, 0.29) is 11.9 Å². The van der Waals surface area contributed by atoms with Gasteiger partial charge in [-0.2, -0.15) is 0 Å². The Morgan fingerprint density at radius 3 is 2.52 bits per heavy atom. The molecular weight excluding hydrogens is 266 g/mol. The molecule has 0 unspecified atom stereocenters. The quantitative estimate of drug-likeness (QED) is 0.679. The Balaban J connectivity index is 1.95. The van der Waals surface area contributed by atoms with Gasteiger partial charge < -0.3 is 10.1 Å². The van der Waals surface area contributed by atoms with E-state index < -0.39 is 0 Å². The maximum absolute atomic E-state index is 12.0. The topological polar surface area (TPSA) is 55.4 Å². The fourth-order valence-electron chi connectivity index (χ4n) is 2.28. The number of rotatable bonds is 2. The van der Waals surface area contributed by atoms with E-state index in [9.17, 15) is 9.59 Å². The molecule has 1 aliphatic rings. The SMILES string of the molecule is COC(=O)c1ccc(/C=C2\C(=O)Nc3ccccc32)cc1. The van der Waals surface area contributed by atoms with Crippen LogP contribution in [0.1, 0.15) is 21.5 Å².